The van der Waals surface area contributed by atoms with Gasteiger partial charge in [-0.05, 0) is 257 Å². The lowest BCUT2D eigenvalue weighted by molar-refractivity contribution is 0.590. The van der Waals surface area contributed by atoms with Gasteiger partial charge in [-0.25, -0.2) is 0 Å². The molecule has 0 saturated carbocycles. The van der Waals surface area contributed by atoms with Gasteiger partial charge in [0, 0.05) is 78.8 Å². The normalized spacial score (nSPS) is 13.1. The molecule has 16 aromatic carbocycles. The van der Waals surface area contributed by atoms with Gasteiger partial charge in [-0.3, -0.25) is 0 Å². The van der Waals surface area contributed by atoms with Crippen LogP contribution >= 0.6 is 0 Å². The summed E-state index contributed by atoms with van der Waals surface area (Å²) in [7, 11) is 0. The van der Waals surface area contributed by atoms with Gasteiger partial charge in [0.25, 0.3) is 0 Å². The summed E-state index contributed by atoms with van der Waals surface area (Å²) in [5.41, 5.74) is 33.2. The van der Waals surface area contributed by atoms with Crippen LogP contribution in [-0.2, 0) is 22.7 Å². The molecule has 0 fully saturated rings. The molecule has 4 heteroatoms. The van der Waals surface area contributed by atoms with Crippen LogP contribution in [0.15, 0.2) is 364 Å². The highest BCUT2D eigenvalue weighted by molar-refractivity contribution is 6.15. The van der Waals surface area contributed by atoms with Crippen molar-refractivity contribution in [2.24, 2.45) is 0 Å². The van der Waals surface area contributed by atoms with Gasteiger partial charge in [-0.2, -0.15) is 0 Å². The highest BCUT2D eigenvalue weighted by atomic mass is 15.2. The third-order valence-corrected chi connectivity index (χ3v) is 23.2. The molecule has 4 nitrogen and oxygen atoms in total. The van der Waals surface area contributed by atoms with Crippen LogP contribution in [0.1, 0.15) is 115 Å². The second-order valence-corrected chi connectivity index (χ2v) is 32.3. The van der Waals surface area contributed by atoms with Crippen LogP contribution in [0.5, 0.6) is 0 Å². The van der Waals surface area contributed by atoms with Crippen LogP contribution in [0.25, 0.3) is 68.1 Å². The Kier molecular flexibility index (Phi) is 18.2. The van der Waals surface area contributed by atoms with Crippen LogP contribution in [0, 0.1) is 6.92 Å². The summed E-state index contributed by atoms with van der Waals surface area (Å²) in [6.07, 6.45) is 9.76. The zero-order chi connectivity index (χ0) is 76.2. The van der Waals surface area contributed by atoms with Gasteiger partial charge in [0.15, 0.2) is 0 Å². The first-order valence-corrected chi connectivity index (χ1v) is 39.3. The lowest BCUT2D eigenvalue weighted by atomic mass is 9.81. The first kappa shape index (κ1) is 70.4. The number of anilines is 12. The predicted molar refractivity (Wildman–Crippen MR) is 479 cm³/mol. The summed E-state index contributed by atoms with van der Waals surface area (Å²) < 4.78 is 0. The Hall–Kier alpha value is -13.3. The van der Waals surface area contributed by atoms with Crippen molar-refractivity contribution in [3.05, 3.63) is 431 Å². The fourth-order valence-electron chi connectivity index (χ4n) is 17.3. The molecule has 112 heavy (non-hydrogen) atoms. The van der Waals surface area contributed by atoms with Crippen LogP contribution in [0.2, 0.25) is 0 Å². The van der Waals surface area contributed by atoms with Gasteiger partial charge in [-0.1, -0.05) is 303 Å². The van der Waals surface area contributed by atoms with E-state index in [9.17, 15) is 0 Å². The monoisotopic (exact) mass is 1440 g/mol. The largest absolute Gasteiger partial charge is 0.311 e. The quantitative estimate of drug-likeness (QED) is 0.0627. The summed E-state index contributed by atoms with van der Waals surface area (Å²) in [4.78, 5) is 9.60. The molecular formula is C108H90N4. The van der Waals surface area contributed by atoms with Crippen molar-refractivity contribution < 1.29 is 0 Å². The molecule has 2 aliphatic rings. The van der Waals surface area contributed by atoms with E-state index >= 15 is 0 Å². The molecule has 542 valence electrons. The Morgan fingerprint density at radius 2 is 0.616 bits per heavy atom. The molecule has 0 bridgehead atoms. The first-order chi connectivity index (χ1) is 54.5. The van der Waals surface area contributed by atoms with Crippen molar-refractivity contribution in [3.63, 3.8) is 0 Å². The maximum absolute atomic E-state index is 2.52. The van der Waals surface area contributed by atoms with E-state index in [4.69, 9.17) is 0 Å². The number of hydrogen-bond donors (Lipinski definition) is 0. The minimum atomic E-state index is -0.275. The summed E-state index contributed by atoms with van der Waals surface area (Å²) in [6.45, 7) is 18.7. The maximum Gasteiger partial charge on any atom is 0.0546 e. The number of benzene rings is 16. The fourth-order valence-corrected chi connectivity index (χ4v) is 17.3. The van der Waals surface area contributed by atoms with Crippen molar-refractivity contribution in [3.8, 4) is 22.3 Å². The average molecular weight is 1440 g/mol. The van der Waals surface area contributed by atoms with E-state index in [1.165, 1.54) is 99.4 Å². The Morgan fingerprint density at radius 3 is 1.10 bits per heavy atom. The van der Waals surface area contributed by atoms with E-state index in [0.717, 1.165) is 85.8 Å². The topological polar surface area (TPSA) is 13.0 Å². The molecule has 16 aromatic rings. The van der Waals surface area contributed by atoms with Crippen LogP contribution in [0.3, 0.4) is 0 Å². The van der Waals surface area contributed by atoms with E-state index in [0.29, 0.717) is 0 Å². The molecule has 0 amide bonds. The molecule has 0 heterocycles. The van der Waals surface area contributed by atoms with Crippen molar-refractivity contribution in [2.45, 2.75) is 78.1 Å². The Morgan fingerprint density at radius 1 is 0.259 bits per heavy atom. The summed E-state index contributed by atoms with van der Waals surface area (Å²) in [5, 5.41) is 4.88. The second kappa shape index (κ2) is 28.9. The van der Waals surface area contributed by atoms with E-state index in [-0.39, 0.29) is 16.2 Å². The van der Waals surface area contributed by atoms with Gasteiger partial charge in [0.05, 0.1) is 5.69 Å². The SMILES string of the molecule is Cc1ccccc1N(c1cccc(Cc2ccc3c(c2)cc(N(c2ccc(C(C)(C)C)cc2)c2ccc4c(c2)C(C)(C)c2cc(C=Cc5ccc(N(c6ccccc6)c6ccccc6)cc5)ccc2-4)c2ccccc23)c1)c1ccc2c(c1)C(C)(C)c1cc(C=Cc3ccc(N(c4ccccc4)c4ccccc4)cc3)ccc1-2. The van der Waals surface area contributed by atoms with Gasteiger partial charge >= 0.3 is 0 Å². The smallest absolute Gasteiger partial charge is 0.0546 e. The van der Waals surface area contributed by atoms with Gasteiger partial charge in [0.1, 0.15) is 0 Å². The standard InChI is InChI=1S/C108H90N4/c1-74-26-21-24-39-104(74)112(92-60-65-98-96-63-49-78(70-101(96)108(7,8)103(98)73-92)43-41-76-46-55-88(56-47-76)110(85-32-17-11-18-33-85)86-34-19-12-20-35-86)90-36-25-27-79(68-90)66-80-50-61-93-81(67-80)71-105(99-38-23-22-37-94(93)99)111(89-57-51-82(52-58-89)106(2,3)4)91-59-64-97-95-62-48-77(69-100(95)107(5,6)102(97)72-91)42-40-75-44-53-87(54-45-75)109(83-28-13-9-14-29-83)84-30-15-10-16-31-84/h9-65,67-73H,66H2,1-8H3. The molecule has 0 aromatic heterocycles. The molecule has 2 aliphatic carbocycles. The summed E-state index contributed by atoms with van der Waals surface area (Å²) in [5.74, 6) is 0. The molecular weight excluding hydrogens is 1350 g/mol. The zero-order valence-corrected chi connectivity index (χ0v) is 64.9. The highest BCUT2D eigenvalue weighted by Gasteiger charge is 2.38. The van der Waals surface area contributed by atoms with Crippen molar-refractivity contribution >= 4 is 114 Å². The van der Waals surface area contributed by atoms with Gasteiger partial charge in [0.2, 0.25) is 0 Å². The van der Waals surface area contributed by atoms with Crippen LogP contribution in [-0.4, -0.2) is 0 Å². The average Bonchev–Trinajstić information content (AvgIpc) is 1.52. The zero-order valence-electron chi connectivity index (χ0n) is 64.9. The molecule has 0 radical (unpaired) electrons. The lowest BCUT2D eigenvalue weighted by Gasteiger charge is -2.30. The molecule has 0 unspecified atom stereocenters. The predicted octanol–water partition coefficient (Wildman–Crippen LogP) is 30.0. The number of para-hydroxylation sites is 5. The van der Waals surface area contributed by atoms with Crippen molar-refractivity contribution in [2.75, 3.05) is 19.6 Å². The Bertz CT molecular complexity index is 6170. The minimum Gasteiger partial charge on any atom is -0.311 e. The van der Waals surface area contributed by atoms with Gasteiger partial charge < -0.3 is 19.6 Å². The molecule has 0 N–H and O–H groups in total. The van der Waals surface area contributed by atoms with Crippen LogP contribution < -0.4 is 19.6 Å². The molecule has 0 spiro atoms. The molecule has 0 aliphatic heterocycles. The van der Waals surface area contributed by atoms with E-state index in [2.05, 4.69) is 463 Å². The fraction of sp³-hybridized carbons (Fsp3) is 0.111. The van der Waals surface area contributed by atoms with E-state index in [1.54, 1.807) is 0 Å². The Labute approximate surface area is 660 Å². The molecule has 0 atom stereocenters. The number of fused-ring (bicyclic) bond motifs is 9. The van der Waals surface area contributed by atoms with Crippen molar-refractivity contribution in [1.82, 2.24) is 0 Å². The summed E-state index contributed by atoms with van der Waals surface area (Å²) >= 11 is 0. The summed E-state index contributed by atoms with van der Waals surface area (Å²) in [6, 6.07) is 134. The number of hydrogen-bond acceptors (Lipinski definition) is 4. The maximum atomic E-state index is 2.52. The third-order valence-electron chi connectivity index (χ3n) is 23.2. The van der Waals surface area contributed by atoms with Gasteiger partial charge in [-0.15, -0.1) is 0 Å². The molecule has 0 saturated heterocycles. The minimum absolute atomic E-state index is 0.00695. The van der Waals surface area contributed by atoms with E-state index < -0.39 is 0 Å². The number of aryl methyl sites for hydroxylation is 1. The molecule has 18 rings (SSSR count). The van der Waals surface area contributed by atoms with Crippen molar-refractivity contribution in [1.29, 1.82) is 0 Å². The third kappa shape index (κ3) is 13.3. The second-order valence-electron chi connectivity index (χ2n) is 32.3. The lowest BCUT2D eigenvalue weighted by Crippen LogP contribution is -2.17. The first-order valence-electron chi connectivity index (χ1n) is 39.3. The number of rotatable bonds is 18. The highest BCUT2D eigenvalue weighted by Crippen LogP contribution is 2.54. The van der Waals surface area contributed by atoms with E-state index in [1.807, 2.05) is 0 Å². The Balaban J connectivity index is 0.636. The van der Waals surface area contributed by atoms with Crippen LogP contribution in [0.4, 0.5) is 68.2 Å². The number of nitrogens with zero attached hydrogens (tertiary/aromatic N) is 4.